The van der Waals surface area contributed by atoms with Crippen molar-refractivity contribution in [1.29, 1.82) is 0 Å². The van der Waals surface area contributed by atoms with Crippen molar-refractivity contribution >= 4 is 40.5 Å². The second kappa shape index (κ2) is 9.83. The van der Waals surface area contributed by atoms with Crippen LogP contribution in [0, 0.1) is 0 Å². The first-order valence-electron chi connectivity index (χ1n) is 8.92. The fraction of sp³-hybridized carbons (Fsp3) is 0.350. The van der Waals surface area contributed by atoms with Gasteiger partial charge in [-0.3, -0.25) is 4.79 Å². The molecule has 0 aliphatic carbocycles. The molecule has 0 spiro atoms. The Balaban J connectivity index is 1.40. The maximum atomic E-state index is 12.1. The molecule has 3 rings (SSSR count). The van der Waals surface area contributed by atoms with Crippen LogP contribution in [-0.4, -0.2) is 38.8 Å². The SMILES string of the molecule is O=C(CCCOc1ccc(Cl)cc1Cl)Nc1ccc(N2CCOCC2)cc1. The summed E-state index contributed by atoms with van der Waals surface area (Å²) in [6.45, 7) is 3.70. The molecule has 1 saturated heterocycles. The van der Waals surface area contributed by atoms with E-state index in [4.69, 9.17) is 32.7 Å². The van der Waals surface area contributed by atoms with E-state index in [0.29, 0.717) is 35.2 Å². The number of hydrogen-bond donors (Lipinski definition) is 1. The highest BCUT2D eigenvalue weighted by atomic mass is 35.5. The quantitative estimate of drug-likeness (QED) is 0.678. The lowest BCUT2D eigenvalue weighted by Crippen LogP contribution is -2.36. The standard InChI is InChI=1S/C20H22Cl2N2O3/c21-15-3-8-19(18(22)14-15)27-11-1-2-20(25)23-16-4-6-17(7-5-16)24-9-12-26-13-10-24/h3-8,14H,1-2,9-13H2,(H,23,25). The van der Waals surface area contributed by atoms with Crippen molar-refractivity contribution < 1.29 is 14.3 Å². The zero-order valence-electron chi connectivity index (χ0n) is 14.9. The molecule has 1 amide bonds. The molecule has 1 heterocycles. The van der Waals surface area contributed by atoms with Crippen LogP contribution in [0.2, 0.25) is 10.0 Å². The molecule has 144 valence electrons. The Kier molecular flexibility index (Phi) is 7.21. The minimum atomic E-state index is -0.0417. The smallest absolute Gasteiger partial charge is 0.224 e. The van der Waals surface area contributed by atoms with Crippen molar-refractivity contribution in [3.8, 4) is 5.75 Å². The number of halogens is 2. The molecule has 1 aliphatic heterocycles. The summed E-state index contributed by atoms with van der Waals surface area (Å²) < 4.78 is 11.0. The zero-order chi connectivity index (χ0) is 19.1. The second-order valence-electron chi connectivity index (χ2n) is 6.22. The number of nitrogens with zero attached hydrogens (tertiary/aromatic N) is 1. The molecule has 0 aromatic heterocycles. The van der Waals surface area contributed by atoms with E-state index in [-0.39, 0.29) is 5.91 Å². The number of carbonyl (C=O) groups excluding carboxylic acids is 1. The molecule has 0 saturated carbocycles. The minimum Gasteiger partial charge on any atom is -0.492 e. The van der Waals surface area contributed by atoms with E-state index >= 15 is 0 Å². The average Bonchev–Trinajstić information content (AvgIpc) is 2.68. The lowest BCUT2D eigenvalue weighted by Gasteiger charge is -2.28. The second-order valence-corrected chi connectivity index (χ2v) is 7.06. The molecule has 7 heteroatoms. The summed E-state index contributed by atoms with van der Waals surface area (Å²) in [4.78, 5) is 14.4. The van der Waals surface area contributed by atoms with Gasteiger partial charge in [0.2, 0.25) is 5.91 Å². The molecule has 5 nitrogen and oxygen atoms in total. The van der Waals surface area contributed by atoms with Gasteiger partial charge in [-0.1, -0.05) is 23.2 Å². The fourth-order valence-electron chi connectivity index (χ4n) is 2.81. The lowest BCUT2D eigenvalue weighted by molar-refractivity contribution is -0.116. The van der Waals surface area contributed by atoms with Crippen molar-refractivity contribution in [3.63, 3.8) is 0 Å². The summed E-state index contributed by atoms with van der Waals surface area (Å²) in [6, 6.07) is 13.0. The van der Waals surface area contributed by atoms with Crippen LogP contribution in [0.3, 0.4) is 0 Å². The lowest BCUT2D eigenvalue weighted by atomic mass is 10.2. The first-order chi connectivity index (χ1) is 13.1. The van der Waals surface area contributed by atoms with Crippen molar-refractivity contribution in [2.75, 3.05) is 43.1 Å². The number of rotatable bonds is 7. The fourth-order valence-corrected chi connectivity index (χ4v) is 3.27. The number of carbonyl (C=O) groups is 1. The maximum absolute atomic E-state index is 12.1. The van der Waals surface area contributed by atoms with Crippen molar-refractivity contribution in [1.82, 2.24) is 0 Å². The van der Waals surface area contributed by atoms with Crippen LogP contribution in [0.15, 0.2) is 42.5 Å². The van der Waals surface area contributed by atoms with Gasteiger partial charge >= 0.3 is 0 Å². The number of amides is 1. The Morgan fingerprint density at radius 3 is 2.56 bits per heavy atom. The number of anilines is 2. The number of hydrogen-bond acceptors (Lipinski definition) is 4. The van der Waals surface area contributed by atoms with Gasteiger partial charge in [0.05, 0.1) is 24.8 Å². The number of morpholine rings is 1. The summed E-state index contributed by atoms with van der Waals surface area (Å²) in [6.07, 6.45) is 0.965. The first-order valence-corrected chi connectivity index (χ1v) is 9.68. The summed E-state index contributed by atoms with van der Waals surface area (Å²) >= 11 is 11.9. The minimum absolute atomic E-state index is 0.0417. The molecule has 0 radical (unpaired) electrons. The third-order valence-corrected chi connectivity index (χ3v) is 4.76. The highest BCUT2D eigenvalue weighted by Crippen LogP contribution is 2.27. The third kappa shape index (κ3) is 6.03. The van der Waals surface area contributed by atoms with Gasteiger partial charge in [0.25, 0.3) is 0 Å². The van der Waals surface area contributed by atoms with E-state index < -0.39 is 0 Å². The van der Waals surface area contributed by atoms with Gasteiger partial charge in [-0.15, -0.1) is 0 Å². The summed E-state index contributed by atoms with van der Waals surface area (Å²) in [5, 5.41) is 3.93. The van der Waals surface area contributed by atoms with Gasteiger partial charge < -0.3 is 19.7 Å². The van der Waals surface area contributed by atoms with E-state index in [1.807, 2.05) is 24.3 Å². The van der Waals surface area contributed by atoms with Gasteiger partial charge in [0.15, 0.2) is 0 Å². The van der Waals surface area contributed by atoms with Gasteiger partial charge in [-0.25, -0.2) is 0 Å². The topological polar surface area (TPSA) is 50.8 Å². The van der Waals surface area contributed by atoms with E-state index in [0.717, 1.165) is 37.7 Å². The molecular weight excluding hydrogens is 387 g/mol. The van der Waals surface area contributed by atoms with Crippen LogP contribution >= 0.6 is 23.2 Å². The Morgan fingerprint density at radius 1 is 1.11 bits per heavy atom. The number of nitrogens with one attached hydrogen (secondary N) is 1. The Labute approximate surface area is 169 Å². The van der Waals surface area contributed by atoms with Crippen LogP contribution in [0.4, 0.5) is 11.4 Å². The highest BCUT2D eigenvalue weighted by molar-refractivity contribution is 6.35. The van der Waals surface area contributed by atoms with Crippen molar-refractivity contribution in [2.24, 2.45) is 0 Å². The van der Waals surface area contributed by atoms with E-state index in [1.165, 1.54) is 0 Å². The largest absolute Gasteiger partial charge is 0.492 e. The van der Waals surface area contributed by atoms with Gasteiger partial charge in [-0.05, 0) is 48.9 Å². The molecule has 0 unspecified atom stereocenters. The number of benzene rings is 2. The molecule has 0 bridgehead atoms. The van der Waals surface area contributed by atoms with E-state index in [9.17, 15) is 4.79 Å². The summed E-state index contributed by atoms with van der Waals surface area (Å²) in [5.41, 5.74) is 1.93. The van der Waals surface area contributed by atoms with Crippen molar-refractivity contribution in [3.05, 3.63) is 52.5 Å². The van der Waals surface area contributed by atoms with Crippen LogP contribution < -0.4 is 15.0 Å². The van der Waals surface area contributed by atoms with E-state index in [2.05, 4.69) is 10.2 Å². The summed E-state index contributed by atoms with van der Waals surface area (Å²) in [7, 11) is 0. The molecule has 2 aromatic carbocycles. The van der Waals surface area contributed by atoms with Crippen LogP contribution in [0.1, 0.15) is 12.8 Å². The average molecular weight is 409 g/mol. The maximum Gasteiger partial charge on any atom is 0.224 e. The van der Waals surface area contributed by atoms with Gasteiger partial charge in [0.1, 0.15) is 5.75 Å². The normalized spacial score (nSPS) is 14.1. The Hall–Kier alpha value is -1.95. The van der Waals surface area contributed by atoms with Gasteiger partial charge in [0, 0.05) is 35.9 Å². The first kappa shape index (κ1) is 19.8. The molecule has 0 atom stereocenters. The van der Waals surface area contributed by atoms with Crippen LogP contribution in [0.25, 0.3) is 0 Å². The molecule has 1 aliphatic rings. The number of ether oxygens (including phenoxy) is 2. The Morgan fingerprint density at radius 2 is 1.85 bits per heavy atom. The van der Waals surface area contributed by atoms with Gasteiger partial charge in [-0.2, -0.15) is 0 Å². The predicted molar refractivity (Wildman–Crippen MR) is 109 cm³/mol. The third-order valence-electron chi connectivity index (χ3n) is 4.23. The van der Waals surface area contributed by atoms with Crippen LogP contribution in [-0.2, 0) is 9.53 Å². The van der Waals surface area contributed by atoms with Crippen molar-refractivity contribution in [2.45, 2.75) is 12.8 Å². The predicted octanol–water partition coefficient (Wildman–Crippen LogP) is 4.63. The molecule has 1 fully saturated rings. The Bertz CT molecular complexity index is 762. The molecule has 27 heavy (non-hydrogen) atoms. The monoisotopic (exact) mass is 408 g/mol. The molecule has 2 aromatic rings. The van der Waals surface area contributed by atoms with Crippen LogP contribution in [0.5, 0.6) is 5.75 Å². The molecule has 1 N–H and O–H groups in total. The summed E-state index contributed by atoms with van der Waals surface area (Å²) in [5.74, 6) is 0.528. The zero-order valence-corrected chi connectivity index (χ0v) is 16.4. The highest BCUT2D eigenvalue weighted by Gasteiger charge is 2.11. The van der Waals surface area contributed by atoms with E-state index in [1.54, 1.807) is 18.2 Å². The molecular formula is C20H22Cl2N2O3.